The fourth-order valence-corrected chi connectivity index (χ4v) is 4.98. The van der Waals surface area contributed by atoms with Crippen molar-refractivity contribution in [3.8, 4) is 0 Å². The highest BCUT2D eigenvalue weighted by Crippen LogP contribution is 2.56. The molecule has 0 aliphatic heterocycles. The lowest BCUT2D eigenvalue weighted by atomic mass is 9.95. The van der Waals surface area contributed by atoms with Crippen LogP contribution in [-0.2, 0) is 16.5 Å². The monoisotopic (exact) mass is 652 g/mol. The van der Waals surface area contributed by atoms with Gasteiger partial charge in [0.1, 0.15) is 10.8 Å². The summed E-state index contributed by atoms with van der Waals surface area (Å²) >= 11 is 4.04. The Morgan fingerprint density at radius 1 is 1.03 bits per heavy atom. The molecule has 2 aromatic carbocycles. The van der Waals surface area contributed by atoms with E-state index in [1.807, 2.05) is 0 Å². The van der Waals surface area contributed by atoms with Crippen LogP contribution in [0.3, 0.4) is 0 Å². The first kappa shape index (κ1) is 27.5. The summed E-state index contributed by atoms with van der Waals surface area (Å²) in [7, 11) is -3.44. The van der Waals surface area contributed by atoms with Gasteiger partial charge in [0, 0.05) is 27.2 Å². The third-order valence-corrected chi connectivity index (χ3v) is 6.97. The third-order valence-electron chi connectivity index (χ3n) is 4.72. The van der Waals surface area contributed by atoms with E-state index in [9.17, 15) is 44.1 Å². The molecule has 0 fully saturated rings. The molecular formula is C20H10Br2F8N2O2S. The molecule has 15 heteroatoms. The van der Waals surface area contributed by atoms with Gasteiger partial charge in [-0.2, -0.15) is 30.7 Å². The number of pyridine rings is 1. The van der Waals surface area contributed by atoms with Crippen LogP contribution in [-0.4, -0.2) is 31.9 Å². The van der Waals surface area contributed by atoms with E-state index in [0.717, 1.165) is 0 Å². The minimum absolute atomic E-state index is 0.0484. The molecule has 1 amide bonds. The average molecular weight is 654 g/mol. The van der Waals surface area contributed by atoms with Crippen molar-refractivity contribution in [2.45, 2.75) is 27.3 Å². The van der Waals surface area contributed by atoms with Crippen LogP contribution in [0, 0.1) is 0 Å². The van der Waals surface area contributed by atoms with Gasteiger partial charge >= 0.3 is 22.4 Å². The van der Waals surface area contributed by atoms with Crippen molar-refractivity contribution in [3.05, 3.63) is 64.3 Å². The zero-order valence-corrected chi connectivity index (χ0v) is 20.6. The van der Waals surface area contributed by atoms with Crippen molar-refractivity contribution in [2.75, 3.05) is 5.32 Å². The Kier molecular flexibility index (Phi) is 7.63. The number of anilines is 1. The summed E-state index contributed by atoms with van der Waals surface area (Å²) in [6, 6.07) is 7.65. The predicted octanol–water partition coefficient (Wildman–Crippen LogP) is 7.29. The lowest BCUT2D eigenvalue weighted by Gasteiger charge is -2.32. The van der Waals surface area contributed by atoms with Crippen molar-refractivity contribution in [1.29, 1.82) is 0 Å². The minimum atomic E-state index is -6.22. The zero-order valence-electron chi connectivity index (χ0n) is 16.6. The molecule has 3 aromatic rings. The molecule has 1 heterocycles. The molecular weight excluding hydrogens is 644 g/mol. The standard InChI is InChI=1S/C20H10Br2F8N2O2S/c21-12-7-11(18(25,19(22,26)27)20(28,29)30)8-14(35(34)17(23)24)15(12)32-16(33)10-4-3-9-2-1-5-31-13(9)6-10/h1-8,17H,(H,32,33). The lowest BCUT2D eigenvalue weighted by Crippen LogP contribution is -2.49. The largest absolute Gasteiger partial charge is 0.433 e. The maximum absolute atomic E-state index is 14.8. The minimum Gasteiger partial charge on any atom is -0.320 e. The summed E-state index contributed by atoms with van der Waals surface area (Å²) in [5, 5.41) is 2.76. The second-order valence-corrected chi connectivity index (χ2v) is 10.1. The van der Waals surface area contributed by atoms with Crippen LogP contribution in [0.4, 0.5) is 40.8 Å². The Hall–Kier alpha value is -2.13. The van der Waals surface area contributed by atoms with Crippen molar-refractivity contribution < 1.29 is 44.1 Å². The van der Waals surface area contributed by atoms with Gasteiger partial charge in [0.05, 0.1) is 16.1 Å². The Balaban J connectivity index is 2.15. The van der Waals surface area contributed by atoms with Crippen molar-refractivity contribution >= 4 is 65.2 Å². The van der Waals surface area contributed by atoms with Crippen LogP contribution in [0.25, 0.3) is 10.9 Å². The van der Waals surface area contributed by atoms with Crippen molar-refractivity contribution in [2.24, 2.45) is 0 Å². The normalized spacial score (nSPS) is 15.2. The van der Waals surface area contributed by atoms with E-state index in [-0.39, 0.29) is 17.7 Å². The number of rotatable bonds is 6. The molecule has 188 valence electrons. The molecule has 0 bridgehead atoms. The van der Waals surface area contributed by atoms with E-state index in [0.29, 0.717) is 10.9 Å². The topological polar surface area (TPSA) is 59.1 Å². The zero-order chi connectivity index (χ0) is 26.3. The van der Waals surface area contributed by atoms with E-state index in [1.165, 1.54) is 40.3 Å². The highest BCUT2D eigenvalue weighted by molar-refractivity contribution is 9.10. The summed E-state index contributed by atoms with van der Waals surface area (Å²) in [5.41, 5.74) is -7.63. The van der Waals surface area contributed by atoms with Crippen LogP contribution in [0.15, 0.2) is 58.0 Å². The van der Waals surface area contributed by atoms with Crippen LogP contribution in [0.5, 0.6) is 0 Å². The van der Waals surface area contributed by atoms with Crippen LogP contribution in [0.1, 0.15) is 15.9 Å². The molecule has 0 spiro atoms. The Morgan fingerprint density at radius 2 is 1.69 bits per heavy atom. The molecule has 0 saturated carbocycles. The van der Waals surface area contributed by atoms with Crippen LogP contribution >= 0.6 is 31.9 Å². The molecule has 0 saturated heterocycles. The molecule has 0 aliphatic carbocycles. The fourth-order valence-electron chi connectivity index (χ4n) is 3.04. The van der Waals surface area contributed by atoms with Gasteiger partial charge in [-0.15, -0.1) is 0 Å². The van der Waals surface area contributed by atoms with E-state index in [2.05, 4.69) is 26.2 Å². The molecule has 2 unspecified atom stereocenters. The maximum atomic E-state index is 14.8. The van der Waals surface area contributed by atoms with E-state index in [4.69, 9.17) is 0 Å². The summed E-state index contributed by atoms with van der Waals surface area (Å²) < 4.78 is 120. The highest BCUT2D eigenvalue weighted by Gasteiger charge is 2.71. The first-order chi connectivity index (χ1) is 16.1. The van der Waals surface area contributed by atoms with Gasteiger partial charge in [0.15, 0.2) is 0 Å². The Morgan fingerprint density at radius 3 is 2.26 bits per heavy atom. The molecule has 0 radical (unpaired) electrons. The van der Waals surface area contributed by atoms with E-state index >= 15 is 0 Å². The van der Waals surface area contributed by atoms with Gasteiger partial charge in [-0.3, -0.25) is 9.78 Å². The summed E-state index contributed by atoms with van der Waals surface area (Å²) in [6.07, 6.45) is -4.78. The number of aromatic nitrogens is 1. The quantitative estimate of drug-likeness (QED) is 0.225. The summed E-state index contributed by atoms with van der Waals surface area (Å²) in [6.45, 7) is 0. The average Bonchev–Trinajstić information content (AvgIpc) is 2.77. The number of nitrogens with zero attached hydrogens (tertiary/aromatic N) is 1. The summed E-state index contributed by atoms with van der Waals surface area (Å²) in [4.78, 5) is 10.3. The number of fused-ring (bicyclic) bond motifs is 1. The smallest absolute Gasteiger partial charge is 0.320 e. The van der Waals surface area contributed by atoms with E-state index in [1.54, 1.807) is 12.1 Å². The number of amides is 1. The Labute approximate surface area is 210 Å². The second-order valence-electron chi connectivity index (χ2n) is 6.91. The molecule has 1 aromatic heterocycles. The van der Waals surface area contributed by atoms with Crippen molar-refractivity contribution in [3.63, 3.8) is 0 Å². The first-order valence-electron chi connectivity index (χ1n) is 9.09. The molecule has 4 nitrogen and oxygen atoms in total. The molecule has 3 rings (SSSR count). The number of hydrogen-bond donors (Lipinski definition) is 1. The number of benzene rings is 2. The molecule has 1 N–H and O–H groups in total. The number of halogens is 10. The number of hydrogen-bond acceptors (Lipinski definition) is 3. The number of carbonyl (C=O) groups excluding carboxylic acids is 1. The van der Waals surface area contributed by atoms with Crippen molar-refractivity contribution in [1.82, 2.24) is 4.98 Å². The fraction of sp³-hybridized carbons (Fsp3) is 0.200. The van der Waals surface area contributed by atoms with Gasteiger partial charge < -0.3 is 5.32 Å². The second kappa shape index (κ2) is 9.73. The first-order valence-corrected chi connectivity index (χ1v) is 11.9. The number of carbonyl (C=O) groups is 1. The van der Waals surface area contributed by atoms with E-state index < -0.39 is 59.8 Å². The number of alkyl halides is 9. The Bertz CT molecular complexity index is 1300. The number of nitrogens with one attached hydrogen (secondary N) is 1. The SMILES string of the molecule is O=C(Nc1c(Br)cc(C(F)(C(F)(F)F)C(F)(F)Br)cc1S(=O)C(F)F)c1ccc2cccnc2c1. The molecule has 35 heavy (non-hydrogen) atoms. The highest BCUT2D eigenvalue weighted by atomic mass is 79.9. The van der Waals surface area contributed by atoms with Gasteiger partial charge in [-0.05, 0) is 62.2 Å². The van der Waals surface area contributed by atoms with Crippen LogP contribution < -0.4 is 5.32 Å². The van der Waals surface area contributed by atoms with Gasteiger partial charge in [0.2, 0.25) is 0 Å². The third kappa shape index (κ3) is 5.21. The molecule has 0 aliphatic rings. The van der Waals surface area contributed by atoms with Crippen LogP contribution in [0.2, 0.25) is 0 Å². The van der Waals surface area contributed by atoms with Gasteiger partial charge in [-0.1, -0.05) is 12.1 Å². The van der Waals surface area contributed by atoms with Gasteiger partial charge in [-0.25, -0.2) is 8.60 Å². The lowest BCUT2D eigenvalue weighted by molar-refractivity contribution is -0.282. The molecule has 2 atom stereocenters. The maximum Gasteiger partial charge on any atom is 0.433 e. The predicted molar refractivity (Wildman–Crippen MR) is 119 cm³/mol. The van der Waals surface area contributed by atoms with Gasteiger partial charge in [0.25, 0.3) is 5.91 Å². The summed E-state index contributed by atoms with van der Waals surface area (Å²) in [5.74, 6) is -4.69.